The van der Waals surface area contributed by atoms with Crippen molar-refractivity contribution in [3.63, 3.8) is 0 Å². The first kappa shape index (κ1) is 20.8. The summed E-state index contributed by atoms with van der Waals surface area (Å²) >= 11 is 0. The van der Waals surface area contributed by atoms with Gasteiger partial charge >= 0.3 is 5.97 Å². The molecule has 2 atom stereocenters. The predicted molar refractivity (Wildman–Crippen MR) is 102 cm³/mol. The van der Waals surface area contributed by atoms with Crippen LogP contribution in [0.2, 0.25) is 0 Å². The molecule has 0 saturated carbocycles. The number of rotatable bonds is 10. The Kier molecular flexibility index (Phi) is 8.67. The quantitative estimate of drug-likeness (QED) is 0.629. The second-order valence-corrected chi connectivity index (χ2v) is 7.34. The molecule has 2 aromatic rings. The van der Waals surface area contributed by atoms with Gasteiger partial charge in [0, 0.05) is 10.6 Å². The van der Waals surface area contributed by atoms with Crippen molar-refractivity contribution in [3.8, 4) is 0 Å². The third-order valence-electron chi connectivity index (χ3n) is 3.76. The van der Waals surface area contributed by atoms with Gasteiger partial charge in [-0.25, -0.2) is 4.79 Å². The summed E-state index contributed by atoms with van der Waals surface area (Å²) in [6.45, 7) is 0.124. The fraction of sp³-hybridized carbons (Fsp3) is 0.300. The fourth-order valence-corrected chi connectivity index (χ4v) is 3.52. The van der Waals surface area contributed by atoms with Crippen LogP contribution in [0.4, 0.5) is 0 Å². The average Bonchev–Trinajstić information content (AvgIpc) is 2.71. The zero-order valence-corrected chi connectivity index (χ0v) is 15.9. The zero-order chi connectivity index (χ0) is 19.5. The molecule has 0 heterocycles. The Bertz CT molecular complexity index is 751. The van der Waals surface area contributed by atoms with Gasteiger partial charge in [0.2, 0.25) is 5.91 Å². The van der Waals surface area contributed by atoms with Gasteiger partial charge in [-0.1, -0.05) is 48.5 Å². The van der Waals surface area contributed by atoms with E-state index in [1.54, 1.807) is 24.3 Å². The van der Waals surface area contributed by atoms with E-state index in [1.807, 2.05) is 36.4 Å². The lowest BCUT2D eigenvalue weighted by Crippen LogP contribution is -2.43. The number of hydrogen-bond donors (Lipinski definition) is 1. The second kappa shape index (κ2) is 11.3. The van der Waals surface area contributed by atoms with Crippen LogP contribution in [0.5, 0.6) is 0 Å². The maximum atomic E-state index is 12.3. The van der Waals surface area contributed by atoms with Gasteiger partial charge in [-0.05, 0) is 24.1 Å². The molecule has 2 rings (SSSR count). The van der Waals surface area contributed by atoms with Crippen LogP contribution in [-0.4, -0.2) is 41.6 Å². The van der Waals surface area contributed by atoms with E-state index in [1.165, 1.54) is 7.11 Å². The largest absolute Gasteiger partial charge is 0.467 e. The Labute approximate surface area is 161 Å². The minimum Gasteiger partial charge on any atom is -0.467 e. The molecule has 144 valence electrons. The normalized spacial score (nSPS) is 12.8. The predicted octanol–water partition coefficient (Wildman–Crippen LogP) is 2.06. The average molecular weight is 389 g/mol. The van der Waals surface area contributed by atoms with Gasteiger partial charge in [0.1, 0.15) is 12.6 Å². The molecule has 0 fully saturated rings. The van der Waals surface area contributed by atoms with Crippen LogP contribution in [0.3, 0.4) is 0 Å². The maximum absolute atomic E-state index is 12.3. The lowest BCUT2D eigenvalue weighted by molar-refractivity contribution is -0.145. The molecule has 0 aliphatic heterocycles. The van der Waals surface area contributed by atoms with Gasteiger partial charge in [-0.15, -0.1) is 0 Å². The number of hydrogen-bond acceptors (Lipinski definition) is 5. The molecule has 6 nitrogen and oxygen atoms in total. The third-order valence-corrected chi connectivity index (χ3v) is 5.17. The van der Waals surface area contributed by atoms with Gasteiger partial charge in [0.15, 0.2) is 0 Å². The number of benzene rings is 2. The summed E-state index contributed by atoms with van der Waals surface area (Å²) in [5.41, 5.74) is 0.952. The molecule has 0 aliphatic carbocycles. The molecule has 0 aliphatic rings. The number of methoxy groups -OCH3 is 1. The summed E-state index contributed by atoms with van der Waals surface area (Å²) in [5.74, 6) is -0.766. The Hall–Kier alpha value is -2.51. The van der Waals surface area contributed by atoms with E-state index < -0.39 is 28.7 Å². The van der Waals surface area contributed by atoms with Crippen LogP contribution in [0.1, 0.15) is 12.0 Å². The van der Waals surface area contributed by atoms with E-state index in [9.17, 15) is 13.8 Å². The lowest BCUT2D eigenvalue weighted by Gasteiger charge is -2.16. The molecule has 0 radical (unpaired) electrons. The van der Waals surface area contributed by atoms with Crippen molar-refractivity contribution in [2.75, 3.05) is 19.5 Å². The number of nitrogens with one attached hydrogen (secondary N) is 1. The van der Waals surface area contributed by atoms with Gasteiger partial charge in [0.25, 0.3) is 0 Å². The highest BCUT2D eigenvalue weighted by Crippen LogP contribution is 2.08. The van der Waals surface area contributed by atoms with Crippen LogP contribution in [0, 0.1) is 0 Å². The molecule has 1 N–H and O–H groups in total. The molecule has 0 spiro atoms. The van der Waals surface area contributed by atoms with Crippen molar-refractivity contribution in [2.45, 2.75) is 24.0 Å². The van der Waals surface area contributed by atoms with Crippen molar-refractivity contribution >= 4 is 22.7 Å². The monoisotopic (exact) mass is 389 g/mol. The van der Waals surface area contributed by atoms with Crippen molar-refractivity contribution < 1.29 is 23.3 Å². The first-order chi connectivity index (χ1) is 13.1. The summed E-state index contributed by atoms with van der Waals surface area (Å²) in [7, 11) is -0.00640. The Morgan fingerprint density at radius 1 is 1.04 bits per heavy atom. The molecule has 1 amide bonds. The van der Waals surface area contributed by atoms with Crippen LogP contribution in [0.15, 0.2) is 65.6 Å². The van der Waals surface area contributed by atoms with Crippen molar-refractivity contribution in [1.82, 2.24) is 5.32 Å². The molecule has 0 unspecified atom stereocenters. The highest BCUT2D eigenvalue weighted by Gasteiger charge is 2.22. The summed E-state index contributed by atoms with van der Waals surface area (Å²) in [5, 5.41) is 2.59. The van der Waals surface area contributed by atoms with Crippen molar-refractivity contribution in [2.24, 2.45) is 0 Å². The summed E-state index contributed by atoms with van der Waals surface area (Å²) in [6.07, 6.45) is 0.207. The Morgan fingerprint density at radius 2 is 1.67 bits per heavy atom. The van der Waals surface area contributed by atoms with Crippen molar-refractivity contribution in [3.05, 3.63) is 66.2 Å². The standard InChI is InChI=1S/C20H23NO5S/c1-25-20(23)18(12-13-27(24)17-10-6-3-7-11-17)21-19(22)15-26-14-16-8-4-2-5-9-16/h2-11,18H,12-15H2,1H3,(H,21,22)/t18-,27-/m0/s1. The maximum Gasteiger partial charge on any atom is 0.328 e. The lowest BCUT2D eigenvalue weighted by atomic mass is 10.2. The number of carbonyl (C=O) groups excluding carboxylic acids is 2. The first-order valence-electron chi connectivity index (χ1n) is 8.52. The molecule has 7 heteroatoms. The van der Waals surface area contributed by atoms with Crippen LogP contribution >= 0.6 is 0 Å². The number of ether oxygens (including phenoxy) is 2. The zero-order valence-electron chi connectivity index (χ0n) is 15.1. The van der Waals surface area contributed by atoms with E-state index in [-0.39, 0.29) is 18.8 Å². The van der Waals surface area contributed by atoms with E-state index >= 15 is 0 Å². The molecule has 27 heavy (non-hydrogen) atoms. The minimum atomic E-state index is -1.26. The highest BCUT2D eigenvalue weighted by molar-refractivity contribution is 7.85. The molecular weight excluding hydrogens is 366 g/mol. The molecule has 0 aromatic heterocycles. The van der Waals surface area contributed by atoms with E-state index in [0.29, 0.717) is 11.5 Å². The number of esters is 1. The highest BCUT2D eigenvalue weighted by atomic mass is 32.2. The molecule has 0 saturated heterocycles. The second-order valence-electron chi connectivity index (χ2n) is 5.77. The minimum absolute atomic E-state index is 0.176. The fourth-order valence-electron chi connectivity index (χ4n) is 2.38. The first-order valence-corrected chi connectivity index (χ1v) is 9.84. The van der Waals surface area contributed by atoms with E-state index in [2.05, 4.69) is 5.32 Å². The molecule has 0 bridgehead atoms. The number of carbonyl (C=O) groups is 2. The van der Waals surface area contributed by atoms with Crippen LogP contribution in [-0.2, 0) is 36.5 Å². The van der Waals surface area contributed by atoms with E-state index in [0.717, 1.165) is 5.56 Å². The molecule has 2 aromatic carbocycles. The molecular formula is C20H23NO5S. The SMILES string of the molecule is COC(=O)[C@H](CC[S@](=O)c1ccccc1)NC(=O)COCc1ccccc1. The Balaban J connectivity index is 1.81. The third kappa shape index (κ3) is 7.32. The van der Waals surface area contributed by atoms with Gasteiger partial charge in [-0.2, -0.15) is 0 Å². The van der Waals surface area contributed by atoms with Gasteiger partial charge < -0.3 is 14.8 Å². The van der Waals surface area contributed by atoms with Crippen LogP contribution < -0.4 is 5.32 Å². The Morgan fingerprint density at radius 3 is 2.30 bits per heavy atom. The number of amides is 1. The smallest absolute Gasteiger partial charge is 0.328 e. The summed E-state index contributed by atoms with van der Waals surface area (Å²) < 4.78 is 22.4. The summed E-state index contributed by atoms with van der Waals surface area (Å²) in [6, 6.07) is 17.6. The van der Waals surface area contributed by atoms with Gasteiger partial charge in [-0.3, -0.25) is 9.00 Å². The van der Waals surface area contributed by atoms with Crippen molar-refractivity contribution in [1.29, 1.82) is 0 Å². The van der Waals surface area contributed by atoms with Crippen LogP contribution in [0.25, 0.3) is 0 Å². The summed E-state index contributed by atoms with van der Waals surface area (Å²) in [4.78, 5) is 24.7. The topological polar surface area (TPSA) is 81.7 Å². The van der Waals surface area contributed by atoms with Gasteiger partial charge in [0.05, 0.1) is 24.5 Å². The van der Waals surface area contributed by atoms with E-state index in [4.69, 9.17) is 9.47 Å².